The molecule has 3 aromatic rings. The monoisotopic (exact) mass is 351 g/mol. The number of aromatic nitrogens is 1. The SMILES string of the molecule is C#CCOc1ccc(/C=C(/Sc2nc3ccccc3o2)C(=O)O)cc1. The molecule has 0 unspecified atom stereocenters. The van der Waals surface area contributed by atoms with Gasteiger partial charge in [-0.1, -0.05) is 30.2 Å². The molecule has 0 aliphatic heterocycles. The predicted octanol–water partition coefficient (Wildman–Crippen LogP) is 4.06. The molecule has 0 amide bonds. The number of carboxylic acid groups (broad SMARTS) is 1. The van der Waals surface area contributed by atoms with Gasteiger partial charge in [-0.15, -0.1) is 6.42 Å². The summed E-state index contributed by atoms with van der Waals surface area (Å²) in [6, 6.07) is 14.2. The van der Waals surface area contributed by atoms with Crippen molar-refractivity contribution in [2.45, 2.75) is 5.22 Å². The van der Waals surface area contributed by atoms with E-state index in [9.17, 15) is 9.90 Å². The van der Waals surface area contributed by atoms with Crippen molar-refractivity contribution in [3.8, 4) is 18.1 Å². The minimum absolute atomic E-state index is 0.101. The molecule has 0 saturated carbocycles. The number of fused-ring (bicyclic) bond motifs is 1. The lowest BCUT2D eigenvalue weighted by Gasteiger charge is -2.03. The number of para-hydroxylation sites is 2. The number of thioether (sulfide) groups is 1. The molecule has 0 spiro atoms. The van der Waals surface area contributed by atoms with Crippen LogP contribution >= 0.6 is 11.8 Å². The second-order valence-corrected chi connectivity index (χ2v) is 5.92. The molecular weight excluding hydrogens is 338 g/mol. The van der Waals surface area contributed by atoms with Crippen LogP contribution in [0.3, 0.4) is 0 Å². The molecule has 0 fully saturated rings. The van der Waals surface area contributed by atoms with Crippen molar-refractivity contribution in [1.82, 2.24) is 4.98 Å². The number of aliphatic carboxylic acids is 1. The third-order valence-corrected chi connectivity index (χ3v) is 4.04. The van der Waals surface area contributed by atoms with E-state index in [0.717, 1.165) is 11.8 Å². The predicted molar refractivity (Wildman–Crippen MR) is 96.2 cm³/mol. The lowest BCUT2D eigenvalue weighted by atomic mass is 10.2. The zero-order valence-electron chi connectivity index (χ0n) is 13.0. The van der Waals surface area contributed by atoms with E-state index in [1.54, 1.807) is 36.4 Å². The first-order valence-electron chi connectivity index (χ1n) is 7.30. The molecule has 6 heteroatoms. The van der Waals surface area contributed by atoms with Gasteiger partial charge in [-0.2, -0.15) is 0 Å². The van der Waals surface area contributed by atoms with Gasteiger partial charge in [-0.3, -0.25) is 0 Å². The Labute approximate surface area is 148 Å². The molecule has 0 saturated heterocycles. The van der Waals surface area contributed by atoms with Gasteiger partial charge in [-0.05, 0) is 47.7 Å². The van der Waals surface area contributed by atoms with Crippen LogP contribution in [0.1, 0.15) is 5.56 Å². The highest BCUT2D eigenvalue weighted by atomic mass is 32.2. The van der Waals surface area contributed by atoms with Crippen molar-refractivity contribution in [3.05, 3.63) is 59.0 Å². The van der Waals surface area contributed by atoms with Gasteiger partial charge in [0.25, 0.3) is 5.22 Å². The van der Waals surface area contributed by atoms with Gasteiger partial charge in [0.1, 0.15) is 22.8 Å². The van der Waals surface area contributed by atoms with Crippen LogP contribution in [0.4, 0.5) is 0 Å². The van der Waals surface area contributed by atoms with Crippen LogP contribution in [0.5, 0.6) is 5.75 Å². The van der Waals surface area contributed by atoms with Crippen LogP contribution < -0.4 is 4.74 Å². The molecule has 0 atom stereocenters. The number of benzene rings is 2. The van der Waals surface area contributed by atoms with Gasteiger partial charge < -0.3 is 14.3 Å². The van der Waals surface area contributed by atoms with Crippen molar-refractivity contribution < 1.29 is 19.1 Å². The molecule has 0 aliphatic rings. The number of oxazole rings is 1. The molecule has 0 bridgehead atoms. The quantitative estimate of drug-likeness (QED) is 0.410. The van der Waals surface area contributed by atoms with Crippen molar-refractivity contribution >= 4 is 34.9 Å². The largest absolute Gasteiger partial charge is 0.481 e. The summed E-state index contributed by atoms with van der Waals surface area (Å²) in [6.07, 6.45) is 6.69. The summed E-state index contributed by atoms with van der Waals surface area (Å²) in [5, 5.41) is 9.72. The highest BCUT2D eigenvalue weighted by Crippen LogP contribution is 2.30. The molecule has 5 nitrogen and oxygen atoms in total. The Morgan fingerprint density at radius 1 is 1.28 bits per heavy atom. The van der Waals surface area contributed by atoms with Crippen molar-refractivity contribution in [3.63, 3.8) is 0 Å². The summed E-state index contributed by atoms with van der Waals surface area (Å²) >= 11 is 0.961. The number of ether oxygens (including phenoxy) is 1. The van der Waals surface area contributed by atoms with Crippen molar-refractivity contribution in [1.29, 1.82) is 0 Å². The van der Waals surface area contributed by atoms with E-state index in [1.165, 1.54) is 0 Å². The third-order valence-electron chi connectivity index (χ3n) is 3.18. The van der Waals surface area contributed by atoms with Crippen molar-refractivity contribution in [2.75, 3.05) is 6.61 Å². The molecule has 0 radical (unpaired) electrons. The van der Waals surface area contributed by atoms with Crippen LogP contribution in [0.15, 0.2) is 63.1 Å². The summed E-state index contributed by atoms with van der Waals surface area (Å²) in [6.45, 7) is 0.184. The van der Waals surface area contributed by atoms with Crippen LogP contribution in [-0.2, 0) is 4.79 Å². The smallest absolute Gasteiger partial charge is 0.342 e. The second-order valence-electron chi connectivity index (χ2n) is 4.93. The average molecular weight is 351 g/mol. The standard InChI is InChI=1S/C19H13NO4S/c1-2-11-23-14-9-7-13(8-10-14)12-17(18(21)22)25-19-20-15-5-3-4-6-16(15)24-19/h1,3-10,12H,11H2,(H,21,22)/b17-12+. The number of carboxylic acids is 1. The van der Waals surface area contributed by atoms with E-state index in [0.29, 0.717) is 22.4 Å². The highest BCUT2D eigenvalue weighted by Gasteiger charge is 2.14. The van der Waals surface area contributed by atoms with Gasteiger partial charge in [-0.25, -0.2) is 9.78 Å². The number of carbonyl (C=O) groups is 1. The Morgan fingerprint density at radius 3 is 2.72 bits per heavy atom. The summed E-state index contributed by atoms with van der Waals surface area (Å²) in [7, 11) is 0. The van der Waals surface area contributed by atoms with Gasteiger partial charge in [0, 0.05) is 0 Å². The maximum Gasteiger partial charge on any atom is 0.342 e. The normalized spacial score (nSPS) is 11.2. The van der Waals surface area contributed by atoms with Crippen LogP contribution in [-0.4, -0.2) is 22.7 Å². The fraction of sp³-hybridized carbons (Fsp3) is 0.0526. The molecule has 25 heavy (non-hydrogen) atoms. The molecule has 1 aromatic heterocycles. The fourth-order valence-electron chi connectivity index (χ4n) is 2.06. The maximum atomic E-state index is 11.5. The van der Waals surface area contributed by atoms with Crippen LogP contribution in [0.25, 0.3) is 17.2 Å². The molecule has 124 valence electrons. The van der Waals surface area contributed by atoms with Crippen LogP contribution in [0, 0.1) is 12.3 Å². The molecule has 1 N–H and O–H groups in total. The highest BCUT2D eigenvalue weighted by molar-refractivity contribution is 8.03. The number of hydrogen-bond donors (Lipinski definition) is 1. The summed E-state index contributed by atoms with van der Waals surface area (Å²) in [4.78, 5) is 15.9. The van der Waals surface area contributed by atoms with E-state index in [4.69, 9.17) is 15.6 Å². The summed E-state index contributed by atoms with van der Waals surface area (Å²) in [5.41, 5.74) is 2.02. The number of rotatable bonds is 6. The maximum absolute atomic E-state index is 11.5. The van der Waals surface area contributed by atoms with Gasteiger partial charge >= 0.3 is 5.97 Å². The average Bonchev–Trinajstić information content (AvgIpc) is 3.03. The van der Waals surface area contributed by atoms with Crippen LogP contribution in [0.2, 0.25) is 0 Å². The van der Waals surface area contributed by atoms with Gasteiger partial charge in [0.2, 0.25) is 0 Å². The Kier molecular flexibility index (Phi) is 5.07. The molecule has 3 rings (SSSR count). The van der Waals surface area contributed by atoms with Crippen molar-refractivity contribution in [2.24, 2.45) is 0 Å². The third kappa shape index (κ3) is 4.22. The number of hydrogen-bond acceptors (Lipinski definition) is 5. The molecule has 2 aromatic carbocycles. The number of terminal acetylenes is 1. The summed E-state index contributed by atoms with van der Waals surface area (Å²) < 4.78 is 10.8. The lowest BCUT2D eigenvalue weighted by Crippen LogP contribution is -1.97. The molecule has 1 heterocycles. The van der Waals surface area contributed by atoms with E-state index in [2.05, 4.69) is 10.9 Å². The zero-order valence-corrected chi connectivity index (χ0v) is 13.8. The van der Waals surface area contributed by atoms with Gasteiger partial charge in [0.15, 0.2) is 5.58 Å². The topological polar surface area (TPSA) is 72.6 Å². The molecular formula is C19H13NO4S. The van der Waals surface area contributed by atoms with E-state index < -0.39 is 5.97 Å². The Balaban J connectivity index is 1.81. The van der Waals surface area contributed by atoms with E-state index in [1.807, 2.05) is 18.2 Å². The van der Waals surface area contributed by atoms with Gasteiger partial charge in [0.05, 0.1) is 0 Å². The Hall–Kier alpha value is -3.17. The first kappa shape index (κ1) is 16.7. The molecule has 0 aliphatic carbocycles. The fourth-order valence-corrected chi connectivity index (χ4v) is 2.81. The Bertz CT molecular complexity index is 934. The van der Waals surface area contributed by atoms with E-state index in [-0.39, 0.29) is 16.7 Å². The minimum Gasteiger partial charge on any atom is -0.481 e. The minimum atomic E-state index is -1.06. The van der Waals surface area contributed by atoms with E-state index >= 15 is 0 Å². The first-order valence-corrected chi connectivity index (χ1v) is 8.12. The number of nitrogens with zero attached hydrogens (tertiary/aromatic N) is 1. The first-order chi connectivity index (χ1) is 12.2. The summed E-state index contributed by atoms with van der Waals surface area (Å²) in [5.74, 6) is 1.95. The lowest BCUT2D eigenvalue weighted by molar-refractivity contribution is -0.131. The zero-order chi connectivity index (χ0) is 17.6. The second kappa shape index (κ2) is 7.60. The Morgan fingerprint density at radius 2 is 2.04 bits per heavy atom.